The topological polar surface area (TPSA) is 92.4 Å². The van der Waals surface area contributed by atoms with E-state index in [1.807, 2.05) is 24.3 Å². The van der Waals surface area contributed by atoms with Gasteiger partial charge in [0.2, 0.25) is 0 Å². The van der Waals surface area contributed by atoms with E-state index in [0.717, 1.165) is 17.0 Å². The van der Waals surface area contributed by atoms with E-state index in [-0.39, 0.29) is 0 Å². The molecular formula is C15H24N2O4S2. The Morgan fingerprint density at radius 1 is 1.26 bits per heavy atom. The van der Waals surface area contributed by atoms with Crippen molar-refractivity contribution >= 4 is 35.5 Å². The summed E-state index contributed by atoms with van der Waals surface area (Å²) in [6.45, 7) is 1.11. The van der Waals surface area contributed by atoms with E-state index < -0.39 is 11.9 Å². The van der Waals surface area contributed by atoms with Gasteiger partial charge in [0.05, 0.1) is 6.33 Å². The number of nitrogens with zero attached hydrogens (tertiary/aromatic N) is 2. The maximum absolute atomic E-state index is 9.10. The molecule has 0 spiro atoms. The zero-order chi connectivity index (χ0) is 17.1. The number of imidazole rings is 1. The Balaban J connectivity index is 0.000000379. The van der Waals surface area contributed by atoms with Crippen LogP contribution >= 0.6 is 23.5 Å². The highest BCUT2D eigenvalue weighted by molar-refractivity contribution is 8.03. The van der Waals surface area contributed by atoms with Gasteiger partial charge in [0, 0.05) is 35.2 Å². The molecule has 0 aliphatic heterocycles. The van der Waals surface area contributed by atoms with Crippen LogP contribution in [0.2, 0.25) is 0 Å². The number of carbonyl (C=O) groups is 2. The Morgan fingerprint density at radius 2 is 1.91 bits per heavy atom. The Bertz CT molecular complexity index is 450. The number of hydrogen-bond acceptors (Lipinski definition) is 5. The fourth-order valence-electron chi connectivity index (χ4n) is 2.42. The van der Waals surface area contributed by atoms with Gasteiger partial charge < -0.3 is 14.8 Å². The van der Waals surface area contributed by atoms with Crippen LogP contribution in [-0.2, 0) is 16.1 Å². The third-order valence-electron chi connectivity index (χ3n) is 3.45. The number of carboxylic acids is 2. The number of rotatable bonds is 6. The fourth-order valence-corrected chi connectivity index (χ4v) is 5.03. The summed E-state index contributed by atoms with van der Waals surface area (Å²) in [4.78, 5) is 22.3. The SMILES string of the molecule is CSCC(Cn1ccnc1)SC1CCCCC1.O=C(O)C(=O)O. The second kappa shape index (κ2) is 11.4. The lowest BCUT2D eigenvalue weighted by Crippen LogP contribution is -2.20. The minimum atomic E-state index is -1.82. The normalized spacial score (nSPS) is 16.2. The van der Waals surface area contributed by atoms with Crippen LogP contribution in [0.25, 0.3) is 0 Å². The largest absolute Gasteiger partial charge is 0.473 e. The molecule has 6 nitrogen and oxygen atoms in total. The smallest absolute Gasteiger partial charge is 0.414 e. The number of thioether (sulfide) groups is 2. The number of aromatic nitrogens is 2. The van der Waals surface area contributed by atoms with Crippen molar-refractivity contribution in [1.29, 1.82) is 0 Å². The van der Waals surface area contributed by atoms with Crippen molar-refractivity contribution in [2.45, 2.75) is 49.1 Å². The Labute approximate surface area is 145 Å². The van der Waals surface area contributed by atoms with E-state index in [4.69, 9.17) is 19.8 Å². The van der Waals surface area contributed by atoms with E-state index in [0.29, 0.717) is 0 Å². The monoisotopic (exact) mass is 360 g/mol. The molecule has 2 N–H and O–H groups in total. The third-order valence-corrected chi connectivity index (χ3v) is 5.95. The lowest BCUT2D eigenvalue weighted by molar-refractivity contribution is -0.159. The molecule has 1 aliphatic carbocycles. The molecule has 1 unspecified atom stereocenters. The summed E-state index contributed by atoms with van der Waals surface area (Å²) in [5.74, 6) is -2.40. The van der Waals surface area contributed by atoms with Crippen LogP contribution in [0.4, 0.5) is 0 Å². The Morgan fingerprint density at radius 3 is 2.39 bits per heavy atom. The summed E-state index contributed by atoms with van der Waals surface area (Å²) in [5.41, 5.74) is 0. The van der Waals surface area contributed by atoms with Gasteiger partial charge in [-0.3, -0.25) is 0 Å². The van der Waals surface area contributed by atoms with Gasteiger partial charge in [0.15, 0.2) is 0 Å². The van der Waals surface area contributed by atoms with Crippen molar-refractivity contribution in [2.75, 3.05) is 12.0 Å². The van der Waals surface area contributed by atoms with Gasteiger partial charge in [-0.25, -0.2) is 14.6 Å². The van der Waals surface area contributed by atoms with Crippen molar-refractivity contribution in [3.8, 4) is 0 Å². The van der Waals surface area contributed by atoms with Crippen molar-refractivity contribution < 1.29 is 19.8 Å². The first kappa shape index (κ1) is 19.9. The summed E-state index contributed by atoms with van der Waals surface area (Å²) >= 11 is 4.18. The van der Waals surface area contributed by atoms with E-state index in [9.17, 15) is 0 Å². The van der Waals surface area contributed by atoms with Crippen LogP contribution in [0.3, 0.4) is 0 Å². The summed E-state index contributed by atoms with van der Waals surface area (Å²) in [6, 6.07) is 0. The molecule has 0 bridgehead atoms. The molecular weight excluding hydrogens is 336 g/mol. The predicted octanol–water partition coefficient (Wildman–Crippen LogP) is 2.84. The van der Waals surface area contributed by atoms with Crippen molar-refractivity contribution in [1.82, 2.24) is 9.55 Å². The molecule has 23 heavy (non-hydrogen) atoms. The quantitative estimate of drug-likeness (QED) is 0.754. The van der Waals surface area contributed by atoms with Crippen LogP contribution in [0.1, 0.15) is 32.1 Å². The summed E-state index contributed by atoms with van der Waals surface area (Å²) < 4.78 is 2.22. The second-order valence-electron chi connectivity index (χ2n) is 5.34. The fraction of sp³-hybridized carbons (Fsp3) is 0.667. The highest BCUT2D eigenvalue weighted by Gasteiger charge is 2.19. The molecule has 1 saturated carbocycles. The standard InChI is InChI=1S/C13H22N2S2.C2H2O4/c1-16-10-13(9-15-8-7-14-11-15)17-12-5-3-2-4-6-12;3-1(4)2(5)6/h7-8,11-13H,2-6,9-10H2,1H3;(H,3,4)(H,5,6). The molecule has 1 heterocycles. The average molecular weight is 361 g/mol. The molecule has 0 saturated heterocycles. The highest BCUT2D eigenvalue weighted by Crippen LogP contribution is 2.32. The van der Waals surface area contributed by atoms with Gasteiger partial charge in [-0.05, 0) is 19.1 Å². The molecule has 1 aromatic heterocycles. The van der Waals surface area contributed by atoms with Gasteiger partial charge in [-0.15, -0.1) is 0 Å². The van der Waals surface area contributed by atoms with Gasteiger partial charge in [-0.1, -0.05) is 19.3 Å². The molecule has 1 atom stereocenters. The molecule has 1 aliphatic rings. The minimum Gasteiger partial charge on any atom is -0.473 e. The van der Waals surface area contributed by atoms with Gasteiger partial charge in [0.1, 0.15) is 0 Å². The first-order chi connectivity index (χ1) is 11.0. The summed E-state index contributed by atoms with van der Waals surface area (Å²) in [7, 11) is 0. The van der Waals surface area contributed by atoms with Crippen molar-refractivity contribution in [2.24, 2.45) is 0 Å². The van der Waals surface area contributed by atoms with Crippen LogP contribution in [0.15, 0.2) is 18.7 Å². The Hall–Kier alpha value is -1.15. The van der Waals surface area contributed by atoms with E-state index in [2.05, 4.69) is 33.8 Å². The van der Waals surface area contributed by atoms with Crippen LogP contribution in [-0.4, -0.2) is 54.2 Å². The zero-order valence-corrected chi connectivity index (χ0v) is 14.9. The van der Waals surface area contributed by atoms with Crippen molar-refractivity contribution in [3.63, 3.8) is 0 Å². The third kappa shape index (κ3) is 8.90. The molecule has 8 heteroatoms. The van der Waals surface area contributed by atoms with E-state index >= 15 is 0 Å². The number of aliphatic carboxylic acids is 2. The molecule has 0 radical (unpaired) electrons. The van der Waals surface area contributed by atoms with Gasteiger partial charge >= 0.3 is 11.9 Å². The zero-order valence-electron chi connectivity index (χ0n) is 13.3. The van der Waals surface area contributed by atoms with E-state index in [1.165, 1.54) is 37.9 Å². The molecule has 0 aromatic carbocycles. The lowest BCUT2D eigenvalue weighted by Gasteiger charge is -2.26. The molecule has 0 amide bonds. The van der Waals surface area contributed by atoms with Gasteiger partial charge in [-0.2, -0.15) is 23.5 Å². The van der Waals surface area contributed by atoms with Crippen LogP contribution < -0.4 is 0 Å². The summed E-state index contributed by atoms with van der Waals surface area (Å²) in [6.07, 6.45) is 15.3. The molecule has 1 fully saturated rings. The number of hydrogen-bond donors (Lipinski definition) is 2. The summed E-state index contributed by atoms with van der Waals surface area (Å²) in [5, 5.41) is 16.4. The highest BCUT2D eigenvalue weighted by atomic mass is 32.2. The second-order valence-corrected chi connectivity index (χ2v) is 7.86. The van der Waals surface area contributed by atoms with Crippen LogP contribution in [0, 0.1) is 0 Å². The first-order valence-electron chi connectivity index (χ1n) is 7.59. The minimum absolute atomic E-state index is 0.738. The molecule has 2 rings (SSSR count). The van der Waals surface area contributed by atoms with Gasteiger partial charge in [0.25, 0.3) is 0 Å². The number of carboxylic acid groups (broad SMARTS) is 2. The lowest BCUT2D eigenvalue weighted by atomic mass is 10.0. The predicted molar refractivity (Wildman–Crippen MR) is 94.1 cm³/mol. The average Bonchev–Trinajstić information content (AvgIpc) is 3.02. The Kier molecular flexibility index (Phi) is 9.86. The van der Waals surface area contributed by atoms with Crippen LogP contribution in [0.5, 0.6) is 0 Å². The van der Waals surface area contributed by atoms with Crippen molar-refractivity contribution in [3.05, 3.63) is 18.7 Å². The first-order valence-corrected chi connectivity index (χ1v) is 9.93. The van der Waals surface area contributed by atoms with E-state index in [1.54, 1.807) is 0 Å². The molecule has 130 valence electrons. The maximum atomic E-state index is 9.10. The maximum Gasteiger partial charge on any atom is 0.414 e. The molecule has 1 aromatic rings.